The Morgan fingerprint density at radius 1 is 1.38 bits per heavy atom. The van der Waals surface area contributed by atoms with Gasteiger partial charge in [0, 0.05) is 25.3 Å². The van der Waals surface area contributed by atoms with Crippen molar-refractivity contribution in [3.63, 3.8) is 0 Å². The first-order valence-corrected chi connectivity index (χ1v) is 9.04. The lowest BCUT2D eigenvalue weighted by Gasteiger charge is -2.34. The van der Waals surface area contributed by atoms with Crippen LogP contribution in [0.25, 0.3) is 11.0 Å². The maximum atomic E-state index is 12.3. The number of rotatable bonds is 3. The van der Waals surface area contributed by atoms with Crippen molar-refractivity contribution in [3.05, 3.63) is 24.4 Å². The van der Waals surface area contributed by atoms with E-state index in [0.717, 1.165) is 42.8 Å². The summed E-state index contributed by atoms with van der Waals surface area (Å²) in [4.78, 5) is 23.0. The van der Waals surface area contributed by atoms with Crippen LogP contribution in [0.2, 0.25) is 0 Å². The molecule has 1 fully saturated rings. The summed E-state index contributed by atoms with van der Waals surface area (Å²) in [6, 6.07) is 5.50. The van der Waals surface area contributed by atoms with Gasteiger partial charge in [-0.3, -0.25) is 4.98 Å². The van der Waals surface area contributed by atoms with Crippen LogP contribution in [-0.2, 0) is 4.74 Å². The number of ether oxygens (including phenoxy) is 1. The summed E-state index contributed by atoms with van der Waals surface area (Å²) in [5, 5.41) is 3.35. The fourth-order valence-corrected chi connectivity index (χ4v) is 3.09. The number of nitrogens with zero attached hydrogens (tertiary/aromatic N) is 3. The molecule has 0 saturated carbocycles. The smallest absolute Gasteiger partial charge is 0.410 e. The lowest BCUT2D eigenvalue weighted by molar-refractivity contribution is 0.0172. The molecule has 1 aliphatic rings. The van der Waals surface area contributed by atoms with Gasteiger partial charge in [-0.15, -0.1) is 0 Å². The molecule has 1 amide bonds. The Balaban J connectivity index is 1.57. The Morgan fingerprint density at radius 3 is 2.96 bits per heavy atom. The van der Waals surface area contributed by atoms with Gasteiger partial charge in [-0.2, -0.15) is 0 Å². The normalized spacial score (nSPS) is 18.0. The molecule has 26 heavy (non-hydrogen) atoms. The molecule has 1 aromatic heterocycles. The quantitative estimate of drug-likeness (QED) is 0.819. The highest BCUT2D eigenvalue weighted by atomic mass is 16.6. The summed E-state index contributed by atoms with van der Waals surface area (Å²) in [5.41, 5.74) is 7.57. The van der Waals surface area contributed by atoms with Crippen LogP contribution in [0.3, 0.4) is 0 Å². The SMILES string of the molecule is CC(C)(C)OC(=O)N1CCCC(CNc2cnc3cc(N)ccc3n2)C1. The number of anilines is 2. The monoisotopic (exact) mass is 357 g/mol. The Morgan fingerprint density at radius 2 is 2.19 bits per heavy atom. The molecule has 0 aliphatic carbocycles. The first-order chi connectivity index (χ1) is 12.3. The fraction of sp³-hybridized carbons (Fsp3) is 0.526. The second kappa shape index (κ2) is 7.35. The number of fused-ring (bicyclic) bond motifs is 1. The molecule has 140 valence electrons. The second-order valence-corrected chi connectivity index (χ2v) is 7.82. The molecular formula is C19H27N5O2. The number of hydrogen-bond donors (Lipinski definition) is 2. The summed E-state index contributed by atoms with van der Waals surface area (Å²) in [6.45, 7) is 7.86. The Kier molecular flexibility index (Phi) is 5.15. The van der Waals surface area contributed by atoms with Crippen molar-refractivity contribution in [2.24, 2.45) is 5.92 Å². The minimum atomic E-state index is -0.466. The zero-order valence-corrected chi connectivity index (χ0v) is 15.7. The molecule has 1 unspecified atom stereocenters. The van der Waals surface area contributed by atoms with Crippen LogP contribution in [0.4, 0.5) is 16.3 Å². The topological polar surface area (TPSA) is 93.4 Å². The average molecular weight is 357 g/mol. The summed E-state index contributed by atoms with van der Waals surface area (Å²) in [5.74, 6) is 1.09. The maximum absolute atomic E-state index is 12.3. The number of nitrogens with two attached hydrogens (primary N) is 1. The molecule has 7 nitrogen and oxygen atoms in total. The maximum Gasteiger partial charge on any atom is 0.410 e. The van der Waals surface area contributed by atoms with E-state index in [4.69, 9.17) is 10.5 Å². The third kappa shape index (κ3) is 4.74. The molecule has 3 N–H and O–H groups in total. The number of likely N-dealkylation sites (tertiary alicyclic amines) is 1. The summed E-state index contributed by atoms with van der Waals surface area (Å²) in [7, 11) is 0. The molecule has 1 aromatic carbocycles. The highest BCUT2D eigenvalue weighted by Crippen LogP contribution is 2.20. The average Bonchev–Trinajstić information content (AvgIpc) is 2.58. The van der Waals surface area contributed by atoms with Gasteiger partial charge in [0.15, 0.2) is 0 Å². The number of carbonyl (C=O) groups excluding carboxylic acids is 1. The van der Waals surface area contributed by atoms with E-state index in [9.17, 15) is 4.79 Å². The zero-order valence-electron chi connectivity index (χ0n) is 15.7. The van der Waals surface area contributed by atoms with Crippen molar-refractivity contribution in [2.45, 2.75) is 39.2 Å². The van der Waals surface area contributed by atoms with Crippen LogP contribution in [0.15, 0.2) is 24.4 Å². The van der Waals surface area contributed by atoms with Gasteiger partial charge in [0.2, 0.25) is 0 Å². The van der Waals surface area contributed by atoms with Crippen molar-refractivity contribution < 1.29 is 9.53 Å². The number of piperidine rings is 1. The Bertz CT molecular complexity index is 787. The van der Waals surface area contributed by atoms with Gasteiger partial charge in [-0.25, -0.2) is 9.78 Å². The highest BCUT2D eigenvalue weighted by Gasteiger charge is 2.27. The minimum absolute atomic E-state index is 0.231. The predicted octanol–water partition coefficient (Wildman–Crippen LogP) is 3.27. The van der Waals surface area contributed by atoms with Crippen LogP contribution in [-0.4, -0.2) is 46.2 Å². The highest BCUT2D eigenvalue weighted by molar-refractivity contribution is 5.79. The molecular weight excluding hydrogens is 330 g/mol. The van der Waals surface area contributed by atoms with Gasteiger partial charge < -0.3 is 20.7 Å². The number of nitrogens with one attached hydrogen (secondary N) is 1. The third-order valence-corrected chi connectivity index (χ3v) is 4.31. The van der Waals surface area contributed by atoms with Crippen LogP contribution in [0.1, 0.15) is 33.6 Å². The van der Waals surface area contributed by atoms with Gasteiger partial charge in [0.1, 0.15) is 11.4 Å². The molecule has 2 aromatic rings. The molecule has 0 spiro atoms. The van der Waals surface area contributed by atoms with E-state index < -0.39 is 5.60 Å². The Hall–Kier alpha value is -2.57. The number of amides is 1. The fourth-order valence-electron chi connectivity index (χ4n) is 3.09. The van der Waals surface area contributed by atoms with Gasteiger partial charge in [-0.1, -0.05) is 0 Å². The molecule has 2 heterocycles. The molecule has 0 radical (unpaired) electrons. The summed E-state index contributed by atoms with van der Waals surface area (Å²) >= 11 is 0. The van der Waals surface area contributed by atoms with Gasteiger partial charge >= 0.3 is 6.09 Å². The van der Waals surface area contributed by atoms with E-state index >= 15 is 0 Å². The van der Waals surface area contributed by atoms with E-state index in [1.165, 1.54) is 0 Å². The Labute approximate surface area is 153 Å². The van der Waals surface area contributed by atoms with Crippen molar-refractivity contribution in [1.82, 2.24) is 14.9 Å². The van der Waals surface area contributed by atoms with Gasteiger partial charge in [-0.05, 0) is 57.7 Å². The van der Waals surface area contributed by atoms with Crippen molar-refractivity contribution in [3.8, 4) is 0 Å². The predicted molar refractivity (Wildman–Crippen MR) is 103 cm³/mol. The number of hydrogen-bond acceptors (Lipinski definition) is 6. The number of aromatic nitrogens is 2. The third-order valence-electron chi connectivity index (χ3n) is 4.31. The van der Waals surface area contributed by atoms with E-state index in [1.807, 2.05) is 39.0 Å². The molecule has 3 rings (SSSR count). The van der Waals surface area contributed by atoms with Crippen molar-refractivity contribution >= 4 is 28.6 Å². The zero-order chi connectivity index (χ0) is 18.7. The first kappa shape index (κ1) is 18.2. The van der Waals surface area contributed by atoms with E-state index in [1.54, 1.807) is 11.1 Å². The standard InChI is InChI=1S/C19H27N5O2/c1-19(2,3)26-18(25)24-8-4-5-13(12-24)10-22-17-11-21-16-9-14(20)6-7-15(16)23-17/h6-7,9,11,13H,4-5,8,10,12,20H2,1-3H3,(H,22,23). The number of nitrogen functional groups attached to an aromatic ring is 1. The van der Waals surface area contributed by atoms with Gasteiger partial charge in [0.25, 0.3) is 0 Å². The molecule has 1 saturated heterocycles. The van der Waals surface area contributed by atoms with Crippen LogP contribution < -0.4 is 11.1 Å². The van der Waals surface area contributed by atoms with Crippen molar-refractivity contribution in [2.75, 3.05) is 30.7 Å². The number of benzene rings is 1. The summed E-state index contributed by atoms with van der Waals surface area (Å²) in [6.07, 6.45) is 3.54. The molecule has 1 aliphatic heterocycles. The van der Waals surface area contributed by atoms with Gasteiger partial charge in [0.05, 0.1) is 17.2 Å². The largest absolute Gasteiger partial charge is 0.444 e. The van der Waals surface area contributed by atoms with Crippen molar-refractivity contribution in [1.29, 1.82) is 0 Å². The number of carbonyl (C=O) groups is 1. The van der Waals surface area contributed by atoms with Crippen LogP contribution >= 0.6 is 0 Å². The lowest BCUT2D eigenvalue weighted by atomic mass is 9.98. The second-order valence-electron chi connectivity index (χ2n) is 7.82. The van der Waals surface area contributed by atoms with E-state index in [-0.39, 0.29) is 6.09 Å². The first-order valence-electron chi connectivity index (χ1n) is 9.04. The molecule has 1 atom stereocenters. The van der Waals surface area contributed by atoms with Crippen LogP contribution in [0.5, 0.6) is 0 Å². The lowest BCUT2D eigenvalue weighted by Crippen LogP contribution is -2.44. The van der Waals surface area contributed by atoms with E-state index in [2.05, 4.69) is 15.3 Å². The van der Waals surface area contributed by atoms with Crippen LogP contribution in [0, 0.1) is 5.92 Å². The summed E-state index contributed by atoms with van der Waals surface area (Å²) < 4.78 is 5.48. The minimum Gasteiger partial charge on any atom is -0.444 e. The molecule has 0 bridgehead atoms. The van der Waals surface area contributed by atoms with E-state index in [0.29, 0.717) is 18.2 Å². The molecule has 7 heteroatoms.